The van der Waals surface area contributed by atoms with Crippen molar-refractivity contribution in [2.24, 2.45) is 0 Å². The molecule has 0 amide bonds. The predicted molar refractivity (Wildman–Crippen MR) is 64.1 cm³/mol. The van der Waals surface area contributed by atoms with Crippen molar-refractivity contribution in [3.8, 4) is 0 Å². The van der Waals surface area contributed by atoms with Gasteiger partial charge in [-0.2, -0.15) is 0 Å². The first-order chi connectivity index (χ1) is 7.40. The summed E-state index contributed by atoms with van der Waals surface area (Å²) < 4.78 is 0. The Balaban J connectivity index is 1.92. The Morgan fingerprint density at radius 1 is 1.67 bits per heavy atom. The molecule has 84 valence electrons. The van der Waals surface area contributed by atoms with Crippen LogP contribution in [0.15, 0.2) is 10.9 Å². The SMILES string of the molecule is CCCC1CNCCN1Cc1cscn1. The van der Waals surface area contributed by atoms with Crippen LogP contribution in [-0.4, -0.2) is 35.6 Å². The zero-order chi connectivity index (χ0) is 10.5. The first kappa shape index (κ1) is 11.0. The lowest BCUT2D eigenvalue weighted by molar-refractivity contribution is 0.143. The summed E-state index contributed by atoms with van der Waals surface area (Å²) in [5.41, 5.74) is 3.15. The molecular formula is C11H19N3S. The van der Waals surface area contributed by atoms with Crippen molar-refractivity contribution in [2.75, 3.05) is 19.6 Å². The maximum Gasteiger partial charge on any atom is 0.0795 e. The van der Waals surface area contributed by atoms with Crippen LogP contribution < -0.4 is 5.32 Å². The van der Waals surface area contributed by atoms with Crippen molar-refractivity contribution in [1.82, 2.24) is 15.2 Å². The molecule has 2 heterocycles. The van der Waals surface area contributed by atoms with E-state index in [1.807, 2.05) is 5.51 Å². The molecule has 1 aromatic rings. The Kier molecular flexibility index (Phi) is 4.11. The van der Waals surface area contributed by atoms with Crippen LogP contribution >= 0.6 is 11.3 Å². The second-order valence-electron chi connectivity index (χ2n) is 4.10. The summed E-state index contributed by atoms with van der Waals surface area (Å²) in [6.07, 6.45) is 2.55. The van der Waals surface area contributed by atoms with Gasteiger partial charge in [-0.05, 0) is 6.42 Å². The summed E-state index contributed by atoms with van der Waals surface area (Å²) in [6, 6.07) is 0.699. The van der Waals surface area contributed by atoms with Crippen LogP contribution in [0.1, 0.15) is 25.5 Å². The van der Waals surface area contributed by atoms with Crippen LogP contribution in [0.2, 0.25) is 0 Å². The number of hydrogen-bond acceptors (Lipinski definition) is 4. The average molecular weight is 225 g/mol. The van der Waals surface area contributed by atoms with E-state index in [0.29, 0.717) is 6.04 Å². The molecule has 1 saturated heterocycles. The molecule has 0 aromatic carbocycles. The fourth-order valence-electron chi connectivity index (χ4n) is 2.15. The second kappa shape index (κ2) is 5.58. The van der Waals surface area contributed by atoms with E-state index in [1.54, 1.807) is 11.3 Å². The molecule has 0 radical (unpaired) electrons. The number of nitrogens with zero attached hydrogens (tertiary/aromatic N) is 2. The maximum absolute atomic E-state index is 4.36. The van der Waals surface area contributed by atoms with Crippen LogP contribution in [-0.2, 0) is 6.54 Å². The van der Waals surface area contributed by atoms with Crippen molar-refractivity contribution in [1.29, 1.82) is 0 Å². The van der Waals surface area contributed by atoms with Crippen LogP contribution in [0, 0.1) is 0 Å². The Labute approximate surface area is 95.5 Å². The highest BCUT2D eigenvalue weighted by Gasteiger charge is 2.21. The molecular weight excluding hydrogens is 206 g/mol. The third-order valence-electron chi connectivity index (χ3n) is 2.94. The highest BCUT2D eigenvalue weighted by atomic mass is 32.1. The Morgan fingerprint density at radius 3 is 3.33 bits per heavy atom. The molecule has 0 spiro atoms. The summed E-state index contributed by atoms with van der Waals surface area (Å²) in [4.78, 5) is 6.93. The first-order valence-corrected chi connectivity index (χ1v) is 6.66. The number of aromatic nitrogens is 1. The van der Waals surface area contributed by atoms with Crippen LogP contribution in [0.25, 0.3) is 0 Å². The molecule has 1 unspecified atom stereocenters. The minimum Gasteiger partial charge on any atom is -0.314 e. The number of hydrogen-bond donors (Lipinski definition) is 1. The molecule has 1 aliphatic heterocycles. The predicted octanol–water partition coefficient (Wildman–Crippen LogP) is 1.72. The zero-order valence-corrected chi connectivity index (χ0v) is 10.1. The molecule has 0 saturated carbocycles. The van der Waals surface area contributed by atoms with Gasteiger partial charge in [0.15, 0.2) is 0 Å². The average Bonchev–Trinajstić information content (AvgIpc) is 2.74. The third-order valence-corrected chi connectivity index (χ3v) is 3.58. The largest absolute Gasteiger partial charge is 0.314 e. The van der Waals surface area contributed by atoms with E-state index >= 15 is 0 Å². The topological polar surface area (TPSA) is 28.2 Å². The van der Waals surface area contributed by atoms with Crippen molar-refractivity contribution in [3.05, 3.63) is 16.6 Å². The Morgan fingerprint density at radius 2 is 2.60 bits per heavy atom. The second-order valence-corrected chi connectivity index (χ2v) is 4.82. The zero-order valence-electron chi connectivity index (χ0n) is 9.28. The van der Waals surface area contributed by atoms with E-state index in [-0.39, 0.29) is 0 Å². The summed E-state index contributed by atoms with van der Waals surface area (Å²) in [5.74, 6) is 0. The van der Waals surface area contributed by atoms with Gasteiger partial charge in [-0.3, -0.25) is 4.90 Å². The molecule has 0 bridgehead atoms. The molecule has 1 aliphatic rings. The van der Waals surface area contributed by atoms with Gasteiger partial charge in [0.2, 0.25) is 0 Å². The quantitative estimate of drug-likeness (QED) is 0.845. The Bertz CT molecular complexity index is 271. The number of nitrogens with one attached hydrogen (secondary N) is 1. The van der Waals surface area contributed by atoms with Gasteiger partial charge in [-0.25, -0.2) is 4.98 Å². The summed E-state index contributed by atoms with van der Waals surface area (Å²) >= 11 is 1.69. The lowest BCUT2D eigenvalue weighted by Gasteiger charge is -2.35. The van der Waals surface area contributed by atoms with E-state index in [1.165, 1.54) is 18.5 Å². The smallest absolute Gasteiger partial charge is 0.0795 e. The molecule has 15 heavy (non-hydrogen) atoms. The highest BCUT2D eigenvalue weighted by molar-refractivity contribution is 7.07. The number of rotatable bonds is 4. The fourth-order valence-corrected chi connectivity index (χ4v) is 2.70. The van der Waals surface area contributed by atoms with Crippen molar-refractivity contribution in [2.45, 2.75) is 32.4 Å². The van der Waals surface area contributed by atoms with Crippen LogP contribution in [0.3, 0.4) is 0 Å². The lowest BCUT2D eigenvalue weighted by atomic mass is 10.1. The van der Waals surface area contributed by atoms with E-state index in [2.05, 4.69) is 27.5 Å². The summed E-state index contributed by atoms with van der Waals surface area (Å²) in [7, 11) is 0. The van der Waals surface area contributed by atoms with E-state index in [4.69, 9.17) is 0 Å². The molecule has 1 atom stereocenters. The van der Waals surface area contributed by atoms with E-state index in [9.17, 15) is 0 Å². The fraction of sp³-hybridized carbons (Fsp3) is 0.727. The molecule has 1 N–H and O–H groups in total. The summed E-state index contributed by atoms with van der Waals surface area (Å²) in [6.45, 7) is 6.69. The minimum absolute atomic E-state index is 0.699. The van der Waals surface area contributed by atoms with Crippen molar-refractivity contribution < 1.29 is 0 Å². The highest BCUT2D eigenvalue weighted by Crippen LogP contribution is 2.13. The van der Waals surface area contributed by atoms with Gasteiger partial charge in [0, 0.05) is 37.6 Å². The Hall–Kier alpha value is -0.450. The maximum atomic E-state index is 4.36. The molecule has 4 heteroatoms. The standard InChI is InChI=1S/C11H19N3S/c1-2-3-11-6-12-4-5-14(11)7-10-8-15-9-13-10/h8-9,11-12H,2-7H2,1H3. The van der Waals surface area contributed by atoms with Crippen molar-refractivity contribution >= 4 is 11.3 Å². The molecule has 1 fully saturated rings. The van der Waals surface area contributed by atoms with E-state index < -0.39 is 0 Å². The van der Waals surface area contributed by atoms with Gasteiger partial charge in [0.05, 0.1) is 11.2 Å². The van der Waals surface area contributed by atoms with Gasteiger partial charge in [-0.15, -0.1) is 11.3 Å². The molecule has 2 rings (SSSR count). The molecule has 1 aromatic heterocycles. The minimum atomic E-state index is 0.699. The van der Waals surface area contributed by atoms with Gasteiger partial charge < -0.3 is 5.32 Å². The van der Waals surface area contributed by atoms with Crippen molar-refractivity contribution in [3.63, 3.8) is 0 Å². The van der Waals surface area contributed by atoms with Gasteiger partial charge >= 0.3 is 0 Å². The van der Waals surface area contributed by atoms with Gasteiger partial charge in [-0.1, -0.05) is 13.3 Å². The van der Waals surface area contributed by atoms with Crippen LogP contribution in [0.5, 0.6) is 0 Å². The molecule has 3 nitrogen and oxygen atoms in total. The van der Waals surface area contributed by atoms with Crippen LogP contribution in [0.4, 0.5) is 0 Å². The number of thiazole rings is 1. The third kappa shape index (κ3) is 3.00. The lowest BCUT2D eigenvalue weighted by Crippen LogP contribution is -2.50. The van der Waals surface area contributed by atoms with Gasteiger partial charge in [0.25, 0.3) is 0 Å². The van der Waals surface area contributed by atoms with E-state index in [0.717, 1.165) is 26.2 Å². The normalized spacial score (nSPS) is 23.1. The number of piperazine rings is 1. The van der Waals surface area contributed by atoms with Gasteiger partial charge in [0.1, 0.15) is 0 Å². The summed E-state index contributed by atoms with van der Waals surface area (Å²) in [5, 5.41) is 5.63. The molecule has 0 aliphatic carbocycles. The monoisotopic (exact) mass is 225 g/mol. The first-order valence-electron chi connectivity index (χ1n) is 5.72.